The van der Waals surface area contributed by atoms with E-state index in [1.54, 1.807) is 6.20 Å². The molecule has 50 valence electrons. The summed E-state index contributed by atoms with van der Waals surface area (Å²) >= 11 is 3.34. The number of hydrogen-bond acceptors (Lipinski definition) is 1. The molecule has 0 aliphatic carbocycles. The lowest BCUT2D eigenvalue weighted by molar-refractivity contribution is 1.12. The highest BCUT2D eigenvalue weighted by atomic mass is 79.9. The van der Waals surface area contributed by atoms with Gasteiger partial charge in [0, 0.05) is 10.7 Å². The first-order valence-electron chi connectivity index (χ1n) is 2.87. The van der Waals surface area contributed by atoms with Gasteiger partial charge in [-0.05, 0) is 28.1 Å². The Bertz CT molecular complexity index is 262. The van der Waals surface area contributed by atoms with E-state index in [2.05, 4.69) is 26.8 Å². The summed E-state index contributed by atoms with van der Waals surface area (Å²) in [4.78, 5) is 4.08. The summed E-state index contributed by atoms with van der Waals surface area (Å²) < 4.78 is 0.980. The van der Waals surface area contributed by atoms with Gasteiger partial charge in [-0.3, -0.25) is 4.98 Å². The molecular weight excluding hydrogens is 190 g/mol. The quantitative estimate of drug-likeness (QED) is 0.626. The first-order chi connectivity index (χ1) is 4.84. The van der Waals surface area contributed by atoms with Crippen molar-refractivity contribution in [2.24, 2.45) is 0 Å². The van der Waals surface area contributed by atoms with E-state index < -0.39 is 0 Å². The fraction of sp³-hybridized carbons (Fsp3) is 0.125. The Morgan fingerprint density at radius 3 is 3.10 bits per heavy atom. The largest absolute Gasteiger partial charge is 0.259 e. The molecule has 0 unspecified atom stereocenters. The maximum absolute atomic E-state index is 5.12. The monoisotopic (exact) mass is 195 g/mol. The summed E-state index contributed by atoms with van der Waals surface area (Å²) in [7, 11) is 0. The van der Waals surface area contributed by atoms with E-state index in [0.29, 0.717) is 6.42 Å². The molecule has 0 radical (unpaired) electrons. The van der Waals surface area contributed by atoms with Gasteiger partial charge in [-0.15, -0.1) is 12.3 Å². The molecule has 0 atom stereocenters. The zero-order chi connectivity index (χ0) is 7.40. The summed E-state index contributed by atoms with van der Waals surface area (Å²) in [5, 5.41) is 0. The smallest absolute Gasteiger partial charge is 0.0664 e. The lowest BCUT2D eigenvalue weighted by Gasteiger charge is -1.95. The van der Waals surface area contributed by atoms with Crippen LogP contribution in [0, 0.1) is 12.3 Å². The molecule has 1 rings (SSSR count). The van der Waals surface area contributed by atoms with Crippen molar-refractivity contribution in [3.63, 3.8) is 0 Å². The van der Waals surface area contributed by atoms with Crippen molar-refractivity contribution in [1.29, 1.82) is 0 Å². The van der Waals surface area contributed by atoms with Gasteiger partial charge in [0.1, 0.15) is 0 Å². The molecule has 0 saturated heterocycles. The molecule has 1 aromatic rings. The highest BCUT2D eigenvalue weighted by molar-refractivity contribution is 9.10. The third-order valence-electron chi connectivity index (χ3n) is 1.10. The van der Waals surface area contributed by atoms with Crippen LogP contribution in [-0.2, 0) is 6.42 Å². The normalized spacial score (nSPS) is 8.80. The van der Waals surface area contributed by atoms with E-state index in [1.807, 2.05) is 12.1 Å². The maximum atomic E-state index is 5.12. The molecule has 10 heavy (non-hydrogen) atoms. The Balaban J connectivity index is 2.94. The Morgan fingerprint density at radius 2 is 2.50 bits per heavy atom. The molecule has 0 amide bonds. The molecule has 1 aromatic heterocycles. The molecule has 0 aromatic carbocycles. The highest BCUT2D eigenvalue weighted by Crippen LogP contribution is 2.12. The van der Waals surface area contributed by atoms with Crippen LogP contribution in [0.3, 0.4) is 0 Å². The topological polar surface area (TPSA) is 12.9 Å². The number of nitrogens with zero attached hydrogens (tertiary/aromatic N) is 1. The summed E-state index contributed by atoms with van der Waals surface area (Å²) in [6.45, 7) is 0. The van der Waals surface area contributed by atoms with Gasteiger partial charge in [-0.25, -0.2) is 0 Å². The molecule has 0 saturated carbocycles. The van der Waals surface area contributed by atoms with Gasteiger partial charge in [0.15, 0.2) is 0 Å². The van der Waals surface area contributed by atoms with E-state index in [0.717, 1.165) is 10.2 Å². The lowest BCUT2D eigenvalue weighted by atomic mass is 10.3. The van der Waals surface area contributed by atoms with Gasteiger partial charge in [-0.1, -0.05) is 0 Å². The third-order valence-corrected chi connectivity index (χ3v) is 1.83. The predicted molar refractivity (Wildman–Crippen MR) is 44.5 cm³/mol. The van der Waals surface area contributed by atoms with Crippen LogP contribution in [0.15, 0.2) is 22.8 Å². The van der Waals surface area contributed by atoms with Crippen LogP contribution in [-0.4, -0.2) is 4.98 Å². The average molecular weight is 196 g/mol. The van der Waals surface area contributed by atoms with Crippen molar-refractivity contribution in [3.05, 3.63) is 28.5 Å². The number of pyridine rings is 1. The standard InChI is InChI=1S/C8H6BrN/c1-2-4-8-7(9)5-3-6-10-8/h1,3,5-6H,4H2. The van der Waals surface area contributed by atoms with Crippen LogP contribution in [0.1, 0.15) is 5.69 Å². The molecule has 0 fully saturated rings. The third kappa shape index (κ3) is 1.58. The minimum absolute atomic E-state index is 0.585. The van der Waals surface area contributed by atoms with Gasteiger partial charge in [-0.2, -0.15) is 0 Å². The molecule has 1 nitrogen and oxygen atoms in total. The fourth-order valence-electron chi connectivity index (χ4n) is 0.645. The number of aromatic nitrogens is 1. The predicted octanol–water partition coefficient (Wildman–Crippen LogP) is 2.02. The van der Waals surface area contributed by atoms with Crippen molar-refractivity contribution in [2.75, 3.05) is 0 Å². The van der Waals surface area contributed by atoms with E-state index in [1.165, 1.54) is 0 Å². The highest BCUT2D eigenvalue weighted by Gasteiger charge is 1.95. The van der Waals surface area contributed by atoms with Gasteiger partial charge in [0.05, 0.1) is 12.1 Å². The Kier molecular flexibility index (Phi) is 2.47. The molecule has 0 bridgehead atoms. The summed E-state index contributed by atoms with van der Waals surface area (Å²) in [5.74, 6) is 2.53. The second kappa shape index (κ2) is 3.38. The van der Waals surface area contributed by atoms with Crippen LogP contribution in [0.2, 0.25) is 0 Å². The number of rotatable bonds is 1. The van der Waals surface area contributed by atoms with E-state index in [4.69, 9.17) is 6.42 Å². The molecule has 1 heterocycles. The zero-order valence-corrected chi connectivity index (χ0v) is 6.93. The van der Waals surface area contributed by atoms with Crippen molar-refractivity contribution in [1.82, 2.24) is 4.98 Å². The van der Waals surface area contributed by atoms with E-state index >= 15 is 0 Å². The van der Waals surface area contributed by atoms with Gasteiger partial charge >= 0.3 is 0 Å². The minimum Gasteiger partial charge on any atom is -0.259 e. The van der Waals surface area contributed by atoms with E-state index in [9.17, 15) is 0 Å². The van der Waals surface area contributed by atoms with Crippen molar-refractivity contribution < 1.29 is 0 Å². The number of hydrogen-bond donors (Lipinski definition) is 0. The summed E-state index contributed by atoms with van der Waals surface area (Å²) in [6, 6.07) is 3.80. The van der Waals surface area contributed by atoms with Crippen LogP contribution in [0.4, 0.5) is 0 Å². The van der Waals surface area contributed by atoms with Crippen molar-refractivity contribution >= 4 is 15.9 Å². The van der Waals surface area contributed by atoms with Crippen LogP contribution >= 0.6 is 15.9 Å². The first kappa shape index (κ1) is 7.30. The second-order valence-corrected chi connectivity index (χ2v) is 2.67. The van der Waals surface area contributed by atoms with Gasteiger partial charge in [0.2, 0.25) is 0 Å². The van der Waals surface area contributed by atoms with E-state index in [-0.39, 0.29) is 0 Å². The Morgan fingerprint density at radius 1 is 1.70 bits per heavy atom. The summed E-state index contributed by atoms with van der Waals surface area (Å²) in [5.41, 5.74) is 0.921. The Labute approximate surface area is 68.6 Å². The SMILES string of the molecule is C#CCc1ncccc1Br. The van der Waals surface area contributed by atoms with Gasteiger partial charge in [0.25, 0.3) is 0 Å². The van der Waals surface area contributed by atoms with Crippen molar-refractivity contribution in [2.45, 2.75) is 6.42 Å². The van der Waals surface area contributed by atoms with Crippen molar-refractivity contribution in [3.8, 4) is 12.3 Å². The maximum Gasteiger partial charge on any atom is 0.0664 e. The number of terminal acetylenes is 1. The molecule has 0 spiro atoms. The minimum atomic E-state index is 0.585. The molecule has 0 aliphatic heterocycles. The lowest BCUT2D eigenvalue weighted by Crippen LogP contribution is -1.86. The Hall–Kier alpha value is -0.810. The zero-order valence-electron chi connectivity index (χ0n) is 5.34. The second-order valence-electron chi connectivity index (χ2n) is 1.81. The average Bonchev–Trinajstić information content (AvgIpc) is 1.94. The number of halogens is 1. The van der Waals surface area contributed by atoms with Crippen LogP contribution < -0.4 is 0 Å². The molecular formula is C8H6BrN. The van der Waals surface area contributed by atoms with Crippen LogP contribution in [0.5, 0.6) is 0 Å². The van der Waals surface area contributed by atoms with Crippen LogP contribution in [0.25, 0.3) is 0 Å². The first-order valence-corrected chi connectivity index (χ1v) is 3.66. The molecule has 0 N–H and O–H groups in total. The molecule has 0 aliphatic rings. The molecule has 2 heteroatoms. The summed E-state index contributed by atoms with van der Waals surface area (Å²) in [6.07, 6.45) is 7.44. The van der Waals surface area contributed by atoms with Gasteiger partial charge < -0.3 is 0 Å². The fourth-order valence-corrected chi connectivity index (χ4v) is 1.04.